The zero-order chi connectivity index (χ0) is 12.3. The van der Waals surface area contributed by atoms with Crippen molar-refractivity contribution in [2.45, 2.75) is 20.0 Å². The van der Waals surface area contributed by atoms with Crippen LogP contribution in [0.1, 0.15) is 24.2 Å². The quantitative estimate of drug-likeness (QED) is 0.763. The van der Waals surface area contributed by atoms with E-state index in [9.17, 15) is 4.79 Å². The van der Waals surface area contributed by atoms with Crippen molar-refractivity contribution >= 4 is 11.7 Å². The number of methoxy groups -OCH3 is 1. The van der Waals surface area contributed by atoms with Crippen molar-refractivity contribution in [1.29, 1.82) is 0 Å². The molecule has 16 heavy (non-hydrogen) atoms. The van der Waals surface area contributed by atoms with Crippen LogP contribution in [0.5, 0.6) is 11.5 Å². The molecule has 0 atom stereocenters. The highest BCUT2D eigenvalue weighted by Gasteiger charge is 2.15. The molecule has 0 aromatic heterocycles. The number of anilines is 1. The number of aromatic carboxylic acids is 1. The first-order chi connectivity index (χ1) is 7.45. The molecule has 3 N–H and O–H groups in total. The Morgan fingerprint density at radius 3 is 2.44 bits per heavy atom. The molecule has 5 heteroatoms. The second-order valence-electron chi connectivity index (χ2n) is 3.56. The third-order valence-corrected chi connectivity index (χ3v) is 1.93. The number of carboxylic acid groups (broad SMARTS) is 1. The monoisotopic (exact) mass is 225 g/mol. The number of hydrogen-bond acceptors (Lipinski definition) is 4. The second-order valence-corrected chi connectivity index (χ2v) is 3.56. The summed E-state index contributed by atoms with van der Waals surface area (Å²) < 4.78 is 10.5. The predicted octanol–water partition coefficient (Wildman–Crippen LogP) is 1.76. The molecule has 0 amide bonds. The number of carboxylic acids is 1. The zero-order valence-corrected chi connectivity index (χ0v) is 9.48. The van der Waals surface area contributed by atoms with Crippen LogP contribution in [-0.4, -0.2) is 24.3 Å². The van der Waals surface area contributed by atoms with Crippen molar-refractivity contribution in [3.63, 3.8) is 0 Å². The minimum absolute atomic E-state index is 0.0106. The van der Waals surface area contributed by atoms with Crippen molar-refractivity contribution in [2.75, 3.05) is 12.8 Å². The standard InChI is InChI=1S/C11H15NO4/c1-6(2)16-10-4-7(11(13)14)8(12)5-9(10)15-3/h4-6H,12H2,1-3H3,(H,13,14). The van der Waals surface area contributed by atoms with Crippen molar-refractivity contribution in [1.82, 2.24) is 0 Å². The highest BCUT2D eigenvalue weighted by atomic mass is 16.5. The number of carbonyl (C=O) groups is 1. The van der Waals surface area contributed by atoms with Crippen molar-refractivity contribution in [3.8, 4) is 11.5 Å². The van der Waals surface area contributed by atoms with Crippen LogP contribution in [0, 0.1) is 0 Å². The van der Waals surface area contributed by atoms with Gasteiger partial charge in [-0.05, 0) is 13.8 Å². The van der Waals surface area contributed by atoms with Crippen LogP contribution in [0.25, 0.3) is 0 Å². The van der Waals surface area contributed by atoms with E-state index in [4.69, 9.17) is 20.3 Å². The molecule has 0 radical (unpaired) electrons. The molecule has 0 aliphatic rings. The molecule has 0 saturated heterocycles. The lowest BCUT2D eigenvalue weighted by atomic mass is 10.1. The van der Waals surface area contributed by atoms with Crippen LogP contribution in [0.15, 0.2) is 12.1 Å². The fourth-order valence-electron chi connectivity index (χ4n) is 1.27. The van der Waals surface area contributed by atoms with E-state index in [0.717, 1.165) is 0 Å². The smallest absolute Gasteiger partial charge is 0.337 e. The van der Waals surface area contributed by atoms with E-state index in [1.165, 1.54) is 19.2 Å². The van der Waals surface area contributed by atoms with Crippen LogP contribution in [-0.2, 0) is 0 Å². The van der Waals surface area contributed by atoms with Gasteiger partial charge in [-0.1, -0.05) is 0 Å². The van der Waals surface area contributed by atoms with Gasteiger partial charge in [0.05, 0.1) is 24.5 Å². The Morgan fingerprint density at radius 2 is 2.00 bits per heavy atom. The summed E-state index contributed by atoms with van der Waals surface area (Å²) in [5, 5.41) is 8.91. The average molecular weight is 225 g/mol. The van der Waals surface area contributed by atoms with Crippen LogP contribution in [0.3, 0.4) is 0 Å². The fraction of sp³-hybridized carbons (Fsp3) is 0.364. The highest BCUT2D eigenvalue weighted by molar-refractivity contribution is 5.94. The van der Waals surface area contributed by atoms with E-state index < -0.39 is 5.97 Å². The summed E-state index contributed by atoms with van der Waals surface area (Å²) in [5.74, 6) is -0.283. The third kappa shape index (κ3) is 2.56. The molecular formula is C11H15NO4. The normalized spacial score (nSPS) is 10.2. The molecule has 0 bridgehead atoms. The van der Waals surface area contributed by atoms with Crippen molar-refractivity contribution < 1.29 is 19.4 Å². The van der Waals surface area contributed by atoms with Gasteiger partial charge in [-0.15, -0.1) is 0 Å². The van der Waals surface area contributed by atoms with Gasteiger partial charge < -0.3 is 20.3 Å². The van der Waals surface area contributed by atoms with Gasteiger partial charge in [0.2, 0.25) is 0 Å². The Bertz CT molecular complexity index is 401. The molecule has 0 heterocycles. The van der Waals surface area contributed by atoms with Crippen LogP contribution < -0.4 is 15.2 Å². The first-order valence-corrected chi connectivity index (χ1v) is 4.83. The van der Waals surface area contributed by atoms with Gasteiger partial charge in [0.1, 0.15) is 0 Å². The summed E-state index contributed by atoms with van der Waals surface area (Å²) in [6.07, 6.45) is -0.0702. The van der Waals surface area contributed by atoms with E-state index in [1.54, 1.807) is 0 Å². The first-order valence-electron chi connectivity index (χ1n) is 4.83. The summed E-state index contributed by atoms with van der Waals surface area (Å²) in [6, 6.07) is 2.82. The molecule has 1 aromatic carbocycles. The first kappa shape index (κ1) is 12.2. The minimum atomic E-state index is -1.09. The maximum Gasteiger partial charge on any atom is 0.337 e. The minimum Gasteiger partial charge on any atom is -0.493 e. The Morgan fingerprint density at radius 1 is 1.38 bits per heavy atom. The van der Waals surface area contributed by atoms with Gasteiger partial charge in [-0.25, -0.2) is 4.79 Å². The van der Waals surface area contributed by atoms with E-state index in [0.29, 0.717) is 11.5 Å². The lowest BCUT2D eigenvalue weighted by Crippen LogP contribution is -2.09. The molecular weight excluding hydrogens is 210 g/mol. The van der Waals surface area contributed by atoms with Gasteiger partial charge in [0.15, 0.2) is 11.5 Å². The van der Waals surface area contributed by atoms with Crippen molar-refractivity contribution in [3.05, 3.63) is 17.7 Å². The van der Waals surface area contributed by atoms with Gasteiger partial charge in [0.25, 0.3) is 0 Å². The zero-order valence-electron chi connectivity index (χ0n) is 9.48. The van der Waals surface area contributed by atoms with Gasteiger partial charge in [-0.2, -0.15) is 0 Å². The van der Waals surface area contributed by atoms with Crippen LogP contribution in [0.4, 0.5) is 5.69 Å². The molecule has 0 saturated carbocycles. The maximum absolute atomic E-state index is 10.9. The van der Waals surface area contributed by atoms with Gasteiger partial charge in [-0.3, -0.25) is 0 Å². The fourth-order valence-corrected chi connectivity index (χ4v) is 1.27. The van der Waals surface area contributed by atoms with E-state index in [1.807, 2.05) is 13.8 Å². The Kier molecular flexibility index (Phi) is 3.60. The summed E-state index contributed by atoms with van der Waals surface area (Å²) in [4.78, 5) is 10.9. The van der Waals surface area contributed by atoms with E-state index in [2.05, 4.69) is 0 Å². The Balaban J connectivity index is 3.23. The number of hydrogen-bond donors (Lipinski definition) is 2. The molecule has 0 aliphatic carbocycles. The number of benzene rings is 1. The lowest BCUT2D eigenvalue weighted by Gasteiger charge is -2.15. The number of rotatable bonds is 4. The lowest BCUT2D eigenvalue weighted by molar-refractivity contribution is 0.0697. The topological polar surface area (TPSA) is 81.8 Å². The third-order valence-electron chi connectivity index (χ3n) is 1.93. The summed E-state index contributed by atoms with van der Waals surface area (Å²) in [7, 11) is 1.47. The number of nitrogens with two attached hydrogens (primary N) is 1. The Hall–Kier alpha value is -1.91. The van der Waals surface area contributed by atoms with Crippen LogP contribution in [0.2, 0.25) is 0 Å². The molecule has 5 nitrogen and oxygen atoms in total. The molecule has 88 valence electrons. The van der Waals surface area contributed by atoms with Gasteiger partial charge in [0, 0.05) is 12.1 Å². The van der Waals surface area contributed by atoms with Crippen molar-refractivity contribution in [2.24, 2.45) is 0 Å². The second kappa shape index (κ2) is 4.74. The highest BCUT2D eigenvalue weighted by Crippen LogP contribution is 2.32. The largest absolute Gasteiger partial charge is 0.493 e. The van der Waals surface area contributed by atoms with E-state index >= 15 is 0 Å². The molecule has 1 aromatic rings. The maximum atomic E-state index is 10.9. The number of ether oxygens (including phenoxy) is 2. The number of nitrogen functional groups attached to an aromatic ring is 1. The van der Waals surface area contributed by atoms with Crippen LogP contribution >= 0.6 is 0 Å². The molecule has 1 rings (SSSR count). The van der Waals surface area contributed by atoms with E-state index in [-0.39, 0.29) is 17.4 Å². The SMILES string of the molecule is COc1cc(N)c(C(=O)O)cc1OC(C)C. The van der Waals surface area contributed by atoms with Gasteiger partial charge >= 0.3 is 5.97 Å². The molecule has 0 fully saturated rings. The molecule has 0 spiro atoms. The predicted molar refractivity (Wildman–Crippen MR) is 60.1 cm³/mol. The molecule has 0 aliphatic heterocycles. The summed E-state index contributed by atoms with van der Waals surface area (Å²) >= 11 is 0. The Labute approximate surface area is 93.8 Å². The summed E-state index contributed by atoms with van der Waals surface area (Å²) in [6.45, 7) is 3.69. The average Bonchev–Trinajstić information content (AvgIpc) is 2.18. The molecule has 0 unspecified atom stereocenters. The summed E-state index contributed by atoms with van der Waals surface area (Å²) in [5.41, 5.74) is 5.74.